The quantitative estimate of drug-likeness (QED) is 0.699. The summed E-state index contributed by atoms with van der Waals surface area (Å²) < 4.78 is 15.9. The molecule has 0 bridgehead atoms. The Morgan fingerprint density at radius 3 is 2.50 bits per heavy atom. The third-order valence-electron chi connectivity index (χ3n) is 4.41. The average molecular weight is 385 g/mol. The number of methoxy groups -OCH3 is 2. The normalized spacial score (nSPS) is 11.5. The molecule has 2 rings (SSSR count). The Bertz CT molecular complexity index is 847. The van der Waals surface area contributed by atoms with E-state index in [0.29, 0.717) is 23.6 Å². The van der Waals surface area contributed by atoms with Gasteiger partial charge in [0.05, 0.1) is 14.2 Å². The fourth-order valence-electron chi connectivity index (χ4n) is 2.80. The molecule has 0 heterocycles. The highest BCUT2D eigenvalue weighted by Gasteiger charge is 2.19. The van der Waals surface area contributed by atoms with Gasteiger partial charge in [-0.25, -0.2) is 0 Å². The number of esters is 1. The van der Waals surface area contributed by atoms with Crippen LogP contribution in [0.25, 0.3) is 0 Å². The molecule has 0 aliphatic carbocycles. The first kappa shape index (κ1) is 21.3. The van der Waals surface area contributed by atoms with Crippen LogP contribution in [0.4, 0.5) is 5.69 Å². The molecule has 28 heavy (non-hydrogen) atoms. The zero-order valence-corrected chi connectivity index (χ0v) is 17.0. The smallest absolute Gasteiger partial charge is 0.306 e. The molecular weight excluding hydrogens is 358 g/mol. The maximum Gasteiger partial charge on any atom is 0.306 e. The second-order valence-corrected chi connectivity index (χ2v) is 6.59. The summed E-state index contributed by atoms with van der Waals surface area (Å²) in [6, 6.07) is 11.3. The Morgan fingerprint density at radius 1 is 1.07 bits per heavy atom. The number of hydrogen-bond donors (Lipinski definition) is 1. The maximum absolute atomic E-state index is 12.3. The van der Waals surface area contributed by atoms with Crippen molar-refractivity contribution in [2.24, 2.45) is 0 Å². The summed E-state index contributed by atoms with van der Waals surface area (Å²) >= 11 is 0. The standard InChI is InChI=1S/C22H27NO5/c1-14-9-10-15(2)18(13-14)23-22(25)16(3)28-20(24)12-11-17-7-6-8-19(26-4)21(17)27-5/h6-10,13,16H,11-12H2,1-5H3,(H,23,25)/t16-/m1/s1. The van der Waals surface area contributed by atoms with Crippen molar-refractivity contribution in [3.63, 3.8) is 0 Å². The van der Waals surface area contributed by atoms with Crippen molar-refractivity contribution in [3.8, 4) is 11.5 Å². The van der Waals surface area contributed by atoms with Gasteiger partial charge in [-0.05, 0) is 56.0 Å². The van der Waals surface area contributed by atoms with Gasteiger partial charge < -0.3 is 19.5 Å². The predicted octanol–water partition coefficient (Wildman–Crippen LogP) is 3.82. The third kappa shape index (κ3) is 5.49. The fourth-order valence-corrected chi connectivity index (χ4v) is 2.80. The molecular formula is C22H27NO5. The van der Waals surface area contributed by atoms with Crippen LogP contribution in [0.15, 0.2) is 36.4 Å². The Labute approximate surface area is 165 Å². The van der Waals surface area contributed by atoms with Crippen LogP contribution in [0.2, 0.25) is 0 Å². The van der Waals surface area contributed by atoms with E-state index in [-0.39, 0.29) is 12.3 Å². The van der Waals surface area contributed by atoms with Gasteiger partial charge in [-0.3, -0.25) is 9.59 Å². The lowest BCUT2D eigenvalue weighted by molar-refractivity contribution is -0.153. The Hall–Kier alpha value is -3.02. The van der Waals surface area contributed by atoms with E-state index in [4.69, 9.17) is 14.2 Å². The van der Waals surface area contributed by atoms with Crippen LogP contribution < -0.4 is 14.8 Å². The highest BCUT2D eigenvalue weighted by Crippen LogP contribution is 2.31. The molecule has 0 unspecified atom stereocenters. The second-order valence-electron chi connectivity index (χ2n) is 6.59. The number of anilines is 1. The van der Waals surface area contributed by atoms with Crippen molar-refractivity contribution in [2.45, 2.75) is 39.7 Å². The minimum absolute atomic E-state index is 0.130. The van der Waals surface area contributed by atoms with Crippen molar-refractivity contribution < 1.29 is 23.8 Å². The molecule has 1 atom stereocenters. The molecule has 150 valence electrons. The number of amides is 1. The summed E-state index contributed by atoms with van der Waals surface area (Å²) in [5.41, 5.74) is 3.54. The van der Waals surface area contributed by atoms with Crippen LogP contribution in [0.1, 0.15) is 30.0 Å². The first-order valence-electron chi connectivity index (χ1n) is 9.13. The molecule has 2 aromatic carbocycles. The number of carbonyl (C=O) groups excluding carboxylic acids is 2. The van der Waals surface area contributed by atoms with Gasteiger partial charge in [-0.2, -0.15) is 0 Å². The number of aryl methyl sites for hydroxylation is 3. The Kier molecular flexibility index (Phi) is 7.44. The maximum atomic E-state index is 12.3. The summed E-state index contributed by atoms with van der Waals surface area (Å²) in [6.07, 6.45) is -0.338. The molecule has 0 saturated carbocycles. The molecule has 0 aliphatic heterocycles. The summed E-state index contributed by atoms with van der Waals surface area (Å²) in [5.74, 6) is 0.391. The SMILES string of the molecule is COc1cccc(CCC(=O)O[C@H](C)C(=O)Nc2cc(C)ccc2C)c1OC. The molecule has 0 saturated heterocycles. The molecule has 0 radical (unpaired) electrons. The molecule has 2 aromatic rings. The predicted molar refractivity (Wildman–Crippen MR) is 108 cm³/mol. The zero-order valence-electron chi connectivity index (χ0n) is 17.0. The lowest BCUT2D eigenvalue weighted by Crippen LogP contribution is -2.30. The van der Waals surface area contributed by atoms with Crippen LogP contribution in [0, 0.1) is 13.8 Å². The number of nitrogens with one attached hydrogen (secondary N) is 1. The van der Waals surface area contributed by atoms with Crippen molar-refractivity contribution in [3.05, 3.63) is 53.1 Å². The van der Waals surface area contributed by atoms with Gasteiger partial charge in [-0.1, -0.05) is 24.3 Å². The number of hydrogen-bond acceptors (Lipinski definition) is 5. The molecule has 0 fully saturated rings. The van der Waals surface area contributed by atoms with E-state index in [1.807, 2.05) is 44.2 Å². The third-order valence-corrected chi connectivity index (χ3v) is 4.41. The minimum Gasteiger partial charge on any atom is -0.493 e. The van der Waals surface area contributed by atoms with Gasteiger partial charge in [0.25, 0.3) is 5.91 Å². The highest BCUT2D eigenvalue weighted by molar-refractivity contribution is 5.95. The number of benzene rings is 2. The van der Waals surface area contributed by atoms with E-state index in [1.54, 1.807) is 27.2 Å². The van der Waals surface area contributed by atoms with Crippen LogP contribution in [0.5, 0.6) is 11.5 Å². The molecule has 1 N–H and O–H groups in total. The van der Waals surface area contributed by atoms with Crippen LogP contribution in [0.3, 0.4) is 0 Å². The highest BCUT2D eigenvalue weighted by atomic mass is 16.5. The van der Waals surface area contributed by atoms with E-state index in [2.05, 4.69) is 5.32 Å². The Balaban J connectivity index is 1.92. The van der Waals surface area contributed by atoms with Crippen LogP contribution in [-0.2, 0) is 20.7 Å². The molecule has 0 spiro atoms. The van der Waals surface area contributed by atoms with E-state index in [0.717, 1.165) is 16.7 Å². The summed E-state index contributed by atoms with van der Waals surface area (Å²) in [7, 11) is 3.12. The zero-order chi connectivity index (χ0) is 20.7. The number of carbonyl (C=O) groups is 2. The molecule has 6 nitrogen and oxygen atoms in total. The molecule has 6 heteroatoms. The van der Waals surface area contributed by atoms with E-state index >= 15 is 0 Å². The van der Waals surface area contributed by atoms with Gasteiger partial charge in [-0.15, -0.1) is 0 Å². The number of ether oxygens (including phenoxy) is 3. The first-order chi connectivity index (χ1) is 13.3. The van der Waals surface area contributed by atoms with Gasteiger partial charge in [0.1, 0.15) is 0 Å². The van der Waals surface area contributed by atoms with E-state index in [9.17, 15) is 9.59 Å². The second kappa shape index (κ2) is 9.78. The topological polar surface area (TPSA) is 73.9 Å². The number of rotatable bonds is 8. The molecule has 0 aromatic heterocycles. The van der Waals surface area contributed by atoms with Crippen LogP contribution >= 0.6 is 0 Å². The number of para-hydroxylation sites is 1. The first-order valence-corrected chi connectivity index (χ1v) is 9.13. The monoisotopic (exact) mass is 385 g/mol. The summed E-state index contributed by atoms with van der Waals surface area (Å²) in [4.78, 5) is 24.5. The van der Waals surface area contributed by atoms with Crippen molar-refractivity contribution in [1.82, 2.24) is 0 Å². The Morgan fingerprint density at radius 2 is 1.82 bits per heavy atom. The summed E-state index contributed by atoms with van der Waals surface area (Å²) in [6.45, 7) is 5.42. The minimum atomic E-state index is -0.889. The van der Waals surface area contributed by atoms with Crippen molar-refractivity contribution in [2.75, 3.05) is 19.5 Å². The largest absolute Gasteiger partial charge is 0.493 e. The van der Waals surface area contributed by atoms with Gasteiger partial charge in [0.2, 0.25) is 0 Å². The van der Waals surface area contributed by atoms with Gasteiger partial charge >= 0.3 is 5.97 Å². The molecule has 1 amide bonds. The van der Waals surface area contributed by atoms with Crippen molar-refractivity contribution in [1.29, 1.82) is 0 Å². The van der Waals surface area contributed by atoms with E-state index < -0.39 is 12.1 Å². The lowest BCUT2D eigenvalue weighted by atomic mass is 10.1. The van der Waals surface area contributed by atoms with Crippen LogP contribution in [-0.4, -0.2) is 32.2 Å². The summed E-state index contributed by atoms with van der Waals surface area (Å²) in [5, 5.41) is 2.81. The molecule has 0 aliphatic rings. The lowest BCUT2D eigenvalue weighted by Gasteiger charge is -2.16. The van der Waals surface area contributed by atoms with Crippen molar-refractivity contribution >= 4 is 17.6 Å². The average Bonchev–Trinajstić information content (AvgIpc) is 2.68. The van der Waals surface area contributed by atoms with Gasteiger partial charge in [0, 0.05) is 12.1 Å². The fraction of sp³-hybridized carbons (Fsp3) is 0.364. The van der Waals surface area contributed by atoms with Gasteiger partial charge in [0.15, 0.2) is 17.6 Å². The van der Waals surface area contributed by atoms with E-state index in [1.165, 1.54) is 0 Å².